The number of furan rings is 1. The number of hydroxylamine groups is 3. The molecule has 1 aromatic heterocycles. The molecule has 0 spiro atoms. The number of benzene rings is 1. The molecule has 2 N–H and O–H groups in total. The monoisotopic (exact) mass is 356 g/mol. The second-order valence-electron chi connectivity index (χ2n) is 7.19. The van der Waals surface area contributed by atoms with Crippen molar-refractivity contribution < 1.29 is 14.4 Å². The van der Waals surface area contributed by atoms with Crippen molar-refractivity contribution in [3.8, 4) is 0 Å². The summed E-state index contributed by atoms with van der Waals surface area (Å²) in [6.45, 7) is 8.87. The summed E-state index contributed by atoms with van der Waals surface area (Å²) in [5, 5.41) is 29.4. The van der Waals surface area contributed by atoms with Crippen LogP contribution in [-0.2, 0) is 0 Å². The molecule has 0 saturated carbocycles. The first-order valence-electron chi connectivity index (χ1n) is 8.44. The van der Waals surface area contributed by atoms with Gasteiger partial charge in [-0.3, -0.25) is 5.43 Å². The minimum Gasteiger partial charge on any atom is -0.622 e. The number of aryl methyl sites for hydroxylation is 1. The van der Waals surface area contributed by atoms with E-state index in [1.807, 2.05) is 31.2 Å². The Hall–Kier alpha value is -2.64. The Kier molecular flexibility index (Phi) is 4.37. The van der Waals surface area contributed by atoms with E-state index in [4.69, 9.17) is 4.42 Å². The molecule has 1 aliphatic rings. The molecular weight excluding hydrogens is 332 g/mol. The third kappa shape index (κ3) is 2.69. The van der Waals surface area contributed by atoms with Crippen LogP contribution >= 0.6 is 0 Å². The van der Waals surface area contributed by atoms with Gasteiger partial charge in [0.15, 0.2) is 5.76 Å². The minimum absolute atomic E-state index is 0.345. The molecule has 26 heavy (non-hydrogen) atoms. The zero-order valence-corrected chi connectivity index (χ0v) is 15.6. The predicted octanol–water partition coefficient (Wildman–Crippen LogP) is 3.58. The van der Waals surface area contributed by atoms with Gasteiger partial charge in [0, 0.05) is 6.92 Å². The van der Waals surface area contributed by atoms with Crippen LogP contribution in [0.25, 0.3) is 0 Å². The van der Waals surface area contributed by atoms with Gasteiger partial charge >= 0.3 is 0 Å². The zero-order chi connectivity index (χ0) is 19.1. The van der Waals surface area contributed by atoms with Crippen LogP contribution in [-0.4, -0.2) is 37.6 Å². The highest BCUT2D eigenvalue weighted by molar-refractivity contribution is 6.04. The normalized spacial score (nSPS) is 23.5. The van der Waals surface area contributed by atoms with Crippen LogP contribution < -0.4 is 5.43 Å². The van der Waals surface area contributed by atoms with Crippen molar-refractivity contribution in [2.24, 2.45) is 5.10 Å². The van der Waals surface area contributed by atoms with E-state index in [0.29, 0.717) is 17.2 Å². The standard InChI is InChI=1S/C19H24N4O3/c1-13-8-10-15(11-9-13)21-20-14(2)19(5)22(24)17(16-7-6-12-26-16)18(3,4)23(19)25/h6-12,21,25H,1-5H3/b20-14-/t19-/m1/s1. The first-order chi connectivity index (χ1) is 12.2. The maximum atomic E-state index is 13.2. The second kappa shape index (κ2) is 6.26. The van der Waals surface area contributed by atoms with Crippen LogP contribution in [0.1, 0.15) is 39.0 Å². The molecule has 7 nitrogen and oxygen atoms in total. The lowest BCUT2D eigenvalue weighted by Gasteiger charge is -2.32. The van der Waals surface area contributed by atoms with Gasteiger partial charge in [0.1, 0.15) is 11.3 Å². The van der Waals surface area contributed by atoms with Crippen LogP contribution in [0.15, 0.2) is 52.2 Å². The Morgan fingerprint density at radius 1 is 1.23 bits per heavy atom. The maximum absolute atomic E-state index is 13.2. The zero-order valence-electron chi connectivity index (χ0n) is 15.6. The molecule has 1 aromatic carbocycles. The van der Waals surface area contributed by atoms with Crippen molar-refractivity contribution in [2.45, 2.75) is 45.8 Å². The molecule has 0 radical (unpaired) electrons. The summed E-state index contributed by atoms with van der Waals surface area (Å²) in [7, 11) is 0. The molecule has 7 heteroatoms. The van der Waals surface area contributed by atoms with Crippen LogP contribution in [0.2, 0.25) is 0 Å². The van der Waals surface area contributed by atoms with Crippen LogP contribution in [0.3, 0.4) is 0 Å². The van der Waals surface area contributed by atoms with Gasteiger partial charge in [-0.1, -0.05) is 17.7 Å². The third-order valence-electron chi connectivity index (χ3n) is 4.96. The first-order valence-corrected chi connectivity index (χ1v) is 8.44. The smallest absolute Gasteiger partial charge is 0.289 e. The number of hydrazone groups is 1. The van der Waals surface area contributed by atoms with Crippen molar-refractivity contribution in [3.05, 3.63) is 59.2 Å². The fraction of sp³-hybridized carbons (Fsp3) is 0.368. The average Bonchev–Trinajstić information content (AvgIpc) is 3.16. The molecule has 0 fully saturated rings. The van der Waals surface area contributed by atoms with Gasteiger partial charge in [0.05, 0.1) is 12.0 Å². The van der Waals surface area contributed by atoms with Gasteiger partial charge in [-0.15, -0.1) is 5.06 Å². The van der Waals surface area contributed by atoms with E-state index < -0.39 is 11.2 Å². The summed E-state index contributed by atoms with van der Waals surface area (Å²) in [4.78, 5) is 0. The molecule has 0 aliphatic carbocycles. The summed E-state index contributed by atoms with van der Waals surface area (Å²) in [5.41, 5.74) is 3.33. The van der Waals surface area contributed by atoms with Crippen molar-refractivity contribution in [2.75, 3.05) is 5.43 Å². The molecule has 1 atom stereocenters. The quantitative estimate of drug-likeness (QED) is 0.378. The fourth-order valence-electron chi connectivity index (χ4n) is 3.19. The van der Waals surface area contributed by atoms with E-state index in [1.54, 1.807) is 39.8 Å². The lowest BCUT2D eigenvalue weighted by Crippen LogP contribution is -2.57. The molecule has 0 saturated heterocycles. The molecular formula is C19H24N4O3. The highest BCUT2D eigenvalue weighted by Gasteiger charge is 2.62. The lowest BCUT2D eigenvalue weighted by atomic mass is 9.96. The third-order valence-corrected chi connectivity index (χ3v) is 4.96. The summed E-state index contributed by atoms with van der Waals surface area (Å²) < 4.78 is 6.18. The predicted molar refractivity (Wildman–Crippen MR) is 100 cm³/mol. The van der Waals surface area contributed by atoms with Gasteiger partial charge < -0.3 is 14.8 Å². The van der Waals surface area contributed by atoms with E-state index in [2.05, 4.69) is 10.5 Å². The van der Waals surface area contributed by atoms with Gasteiger partial charge in [0.2, 0.25) is 0 Å². The topological polar surface area (TPSA) is 87.1 Å². The number of nitrogens with zero attached hydrogens (tertiary/aromatic N) is 3. The Morgan fingerprint density at radius 2 is 1.88 bits per heavy atom. The largest absolute Gasteiger partial charge is 0.622 e. The number of hydrogen-bond donors (Lipinski definition) is 2. The van der Waals surface area contributed by atoms with Crippen molar-refractivity contribution in [1.82, 2.24) is 5.06 Å². The summed E-state index contributed by atoms with van der Waals surface area (Å²) in [5.74, 6) is 0.423. The van der Waals surface area contributed by atoms with Crippen molar-refractivity contribution in [1.29, 1.82) is 0 Å². The molecule has 2 aromatic rings. The Bertz CT molecular complexity index is 853. The van der Waals surface area contributed by atoms with Gasteiger partial charge in [0.25, 0.3) is 11.4 Å². The van der Waals surface area contributed by atoms with E-state index in [1.165, 1.54) is 6.26 Å². The minimum atomic E-state index is -1.37. The van der Waals surface area contributed by atoms with E-state index in [-0.39, 0.29) is 0 Å². The Morgan fingerprint density at radius 3 is 2.46 bits per heavy atom. The maximum Gasteiger partial charge on any atom is 0.289 e. The molecule has 2 heterocycles. The molecule has 1 aliphatic heterocycles. The molecule has 0 bridgehead atoms. The average molecular weight is 356 g/mol. The Balaban J connectivity index is 1.99. The fourth-order valence-corrected chi connectivity index (χ4v) is 3.19. The highest BCUT2D eigenvalue weighted by atomic mass is 16.6. The number of nitrogens with one attached hydrogen (secondary N) is 1. The van der Waals surface area contributed by atoms with E-state index in [9.17, 15) is 10.4 Å². The molecule has 3 rings (SSSR count). The molecule has 0 unspecified atom stereocenters. The SMILES string of the molecule is C/C(=N/Nc1ccc(C)cc1)[C@@]1(C)N(O)C(C)(C)C(c2ccco2)=[N+]1[O-]. The van der Waals surface area contributed by atoms with Gasteiger partial charge in [-0.25, -0.2) is 0 Å². The number of hydrogen-bond acceptors (Lipinski definition) is 6. The van der Waals surface area contributed by atoms with Crippen LogP contribution in [0.4, 0.5) is 5.69 Å². The van der Waals surface area contributed by atoms with E-state index in [0.717, 1.165) is 21.1 Å². The molecule has 138 valence electrons. The summed E-state index contributed by atoms with van der Waals surface area (Å²) >= 11 is 0. The summed E-state index contributed by atoms with van der Waals surface area (Å²) in [6.07, 6.45) is 1.50. The first kappa shape index (κ1) is 18.2. The lowest BCUT2D eigenvalue weighted by molar-refractivity contribution is -0.560. The van der Waals surface area contributed by atoms with Crippen LogP contribution in [0.5, 0.6) is 0 Å². The van der Waals surface area contributed by atoms with Gasteiger partial charge in [-0.05, 0) is 52.0 Å². The van der Waals surface area contributed by atoms with Gasteiger partial charge in [-0.2, -0.15) is 9.84 Å². The second-order valence-corrected chi connectivity index (χ2v) is 7.19. The summed E-state index contributed by atoms with van der Waals surface area (Å²) in [6, 6.07) is 11.2. The number of rotatable bonds is 4. The van der Waals surface area contributed by atoms with Crippen LogP contribution in [0, 0.1) is 12.1 Å². The number of anilines is 1. The van der Waals surface area contributed by atoms with Crippen molar-refractivity contribution in [3.63, 3.8) is 0 Å². The van der Waals surface area contributed by atoms with E-state index >= 15 is 0 Å². The highest BCUT2D eigenvalue weighted by Crippen LogP contribution is 2.36. The Labute approximate surface area is 152 Å². The van der Waals surface area contributed by atoms with Crippen molar-refractivity contribution >= 4 is 17.1 Å². The molecule has 0 amide bonds.